The zero-order valence-corrected chi connectivity index (χ0v) is 14.2. The molecule has 1 aromatic heterocycles. The maximum Gasteiger partial charge on any atom is 0.257 e. The highest BCUT2D eigenvalue weighted by Crippen LogP contribution is 2.20. The van der Waals surface area contributed by atoms with E-state index in [4.69, 9.17) is 13.9 Å². The minimum Gasteiger partial charge on any atom is -0.497 e. The molecule has 0 unspecified atom stereocenters. The number of ether oxygens (including phenoxy) is 2. The summed E-state index contributed by atoms with van der Waals surface area (Å²) in [5, 5.41) is 3.95. The fraction of sp³-hybridized carbons (Fsp3) is 0.250. The van der Waals surface area contributed by atoms with Gasteiger partial charge in [0.1, 0.15) is 22.8 Å². The molecule has 5 nitrogen and oxygen atoms in total. The van der Waals surface area contributed by atoms with E-state index in [0.29, 0.717) is 18.0 Å². The highest BCUT2D eigenvalue weighted by molar-refractivity contribution is 5.78. The summed E-state index contributed by atoms with van der Waals surface area (Å²) in [6.07, 6.45) is 1.59. The third-order valence-electron chi connectivity index (χ3n) is 3.81. The standard InChI is InChI=1S/C20H21NO4/c1-23-16-7-4-8-17(13-16)24-14-20(22)21-11-5-9-18-12-15-6-2-3-10-19(15)25-18/h2-4,6-8,10,12-13H,5,9,11,14H2,1H3,(H,21,22). The molecule has 3 aromatic rings. The van der Waals surface area contributed by atoms with Crippen LogP contribution in [-0.4, -0.2) is 26.2 Å². The Bertz CT molecular complexity index is 807. The van der Waals surface area contributed by atoms with Crippen molar-refractivity contribution < 1.29 is 18.7 Å². The minimum absolute atomic E-state index is 0.0161. The van der Waals surface area contributed by atoms with Gasteiger partial charge in [-0.05, 0) is 30.7 Å². The lowest BCUT2D eigenvalue weighted by molar-refractivity contribution is -0.123. The molecule has 0 aliphatic heterocycles. The Kier molecular flexibility index (Phi) is 5.57. The SMILES string of the molecule is COc1cccc(OCC(=O)NCCCc2cc3ccccc3o2)c1. The van der Waals surface area contributed by atoms with Crippen molar-refractivity contribution in [2.45, 2.75) is 12.8 Å². The number of hydrogen-bond acceptors (Lipinski definition) is 4. The Morgan fingerprint density at radius 3 is 2.76 bits per heavy atom. The number of carbonyl (C=O) groups is 1. The van der Waals surface area contributed by atoms with Crippen molar-refractivity contribution in [3.8, 4) is 11.5 Å². The quantitative estimate of drug-likeness (QED) is 0.637. The van der Waals surface area contributed by atoms with Crippen molar-refractivity contribution in [2.24, 2.45) is 0 Å². The molecule has 2 aromatic carbocycles. The van der Waals surface area contributed by atoms with Crippen LogP contribution < -0.4 is 14.8 Å². The third kappa shape index (κ3) is 4.76. The summed E-state index contributed by atoms with van der Waals surface area (Å²) in [6, 6.07) is 17.2. The molecule has 1 N–H and O–H groups in total. The highest BCUT2D eigenvalue weighted by Gasteiger charge is 2.05. The summed E-state index contributed by atoms with van der Waals surface area (Å²) in [5.74, 6) is 2.09. The van der Waals surface area contributed by atoms with E-state index in [2.05, 4.69) is 5.32 Å². The van der Waals surface area contributed by atoms with E-state index in [1.807, 2.05) is 42.5 Å². The molecule has 130 valence electrons. The summed E-state index contributed by atoms with van der Waals surface area (Å²) in [7, 11) is 1.59. The molecule has 1 amide bonds. The number of benzene rings is 2. The Morgan fingerprint density at radius 1 is 1.08 bits per heavy atom. The van der Waals surface area contributed by atoms with Crippen molar-refractivity contribution in [1.29, 1.82) is 0 Å². The summed E-state index contributed by atoms with van der Waals surface area (Å²) in [5.41, 5.74) is 0.897. The second-order valence-corrected chi connectivity index (χ2v) is 5.67. The van der Waals surface area contributed by atoms with Crippen LogP contribution in [0.4, 0.5) is 0 Å². The number of para-hydroxylation sites is 1. The number of aryl methyl sites for hydroxylation is 1. The first-order chi connectivity index (χ1) is 12.2. The Balaban J connectivity index is 1.37. The zero-order valence-electron chi connectivity index (χ0n) is 14.2. The second kappa shape index (κ2) is 8.24. The van der Waals surface area contributed by atoms with Gasteiger partial charge in [-0.2, -0.15) is 0 Å². The summed E-state index contributed by atoms with van der Waals surface area (Å²) < 4.78 is 16.3. The molecular formula is C20H21NO4. The number of carbonyl (C=O) groups excluding carboxylic acids is 1. The Morgan fingerprint density at radius 2 is 1.92 bits per heavy atom. The Hall–Kier alpha value is -2.95. The van der Waals surface area contributed by atoms with Crippen LogP contribution in [0.5, 0.6) is 11.5 Å². The molecule has 0 saturated heterocycles. The second-order valence-electron chi connectivity index (χ2n) is 5.67. The maximum atomic E-state index is 11.8. The van der Waals surface area contributed by atoms with Crippen molar-refractivity contribution >= 4 is 16.9 Å². The average molecular weight is 339 g/mol. The predicted octanol–water partition coefficient (Wildman–Crippen LogP) is 3.57. The molecular weight excluding hydrogens is 318 g/mol. The molecule has 0 spiro atoms. The summed E-state index contributed by atoms with van der Waals surface area (Å²) in [4.78, 5) is 11.8. The van der Waals surface area contributed by atoms with Gasteiger partial charge < -0.3 is 19.2 Å². The van der Waals surface area contributed by atoms with E-state index < -0.39 is 0 Å². The van der Waals surface area contributed by atoms with E-state index >= 15 is 0 Å². The van der Waals surface area contributed by atoms with Crippen LogP contribution in [-0.2, 0) is 11.2 Å². The fourth-order valence-electron chi connectivity index (χ4n) is 2.54. The van der Waals surface area contributed by atoms with Gasteiger partial charge in [0.2, 0.25) is 0 Å². The number of rotatable bonds is 8. The van der Waals surface area contributed by atoms with E-state index in [1.165, 1.54) is 0 Å². The van der Waals surface area contributed by atoms with Gasteiger partial charge in [-0.25, -0.2) is 0 Å². The number of amides is 1. The number of furan rings is 1. The van der Waals surface area contributed by atoms with Gasteiger partial charge in [0.25, 0.3) is 5.91 Å². The summed E-state index contributed by atoms with van der Waals surface area (Å²) >= 11 is 0. The topological polar surface area (TPSA) is 60.7 Å². The van der Waals surface area contributed by atoms with Gasteiger partial charge in [0.05, 0.1) is 7.11 Å². The van der Waals surface area contributed by atoms with Crippen LogP contribution in [0, 0.1) is 0 Å². The van der Waals surface area contributed by atoms with Crippen molar-refractivity contribution in [3.63, 3.8) is 0 Å². The highest BCUT2D eigenvalue weighted by atomic mass is 16.5. The fourth-order valence-corrected chi connectivity index (χ4v) is 2.54. The van der Waals surface area contributed by atoms with Gasteiger partial charge in [0, 0.05) is 24.4 Å². The van der Waals surface area contributed by atoms with Crippen molar-refractivity contribution in [3.05, 3.63) is 60.4 Å². The first-order valence-electron chi connectivity index (χ1n) is 8.25. The maximum absolute atomic E-state index is 11.8. The molecule has 0 atom stereocenters. The first kappa shape index (κ1) is 16.9. The van der Waals surface area contributed by atoms with Crippen LogP contribution in [0.2, 0.25) is 0 Å². The van der Waals surface area contributed by atoms with Gasteiger partial charge in [-0.15, -0.1) is 0 Å². The molecule has 1 heterocycles. The van der Waals surface area contributed by atoms with Gasteiger partial charge >= 0.3 is 0 Å². The van der Waals surface area contributed by atoms with Crippen LogP contribution in [0.15, 0.2) is 59.0 Å². The lowest BCUT2D eigenvalue weighted by Gasteiger charge is -2.08. The zero-order chi connectivity index (χ0) is 17.5. The molecule has 0 aliphatic carbocycles. The number of fused-ring (bicyclic) bond motifs is 1. The number of methoxy groups -OCH3 is 1. The van der Waals surface area contributed by atoms with E-state index in [0.717, 1.165) is 29.6 Å². The predicted molar refractivity (Wildman–Crippen MR) is 96.0 cm³/mol. The van der Waals surface area contributed by atoms with Crippen molar-refractivity contribution in [1.82, 2.24) is 5.32 Å². The molecule has 0 aliphatic rings. The van der Waals surface area contributed by atoms with Crippen LogP contribution in [0.25, 0.3) is 11.0 Å². The van der Waals surface area contributed by atoms with Crippen molar-refractivity contribution in [2.75, 3.05) is 20.3 Å². The lowest BCUT2D eigenvalue weighted by atomic mass is 10.2. The van der Waals surface area contributed by atoms with Crippen LogP contribution in [0.1, 0.15) is 12.2 Å². The monoisotopic (exact) mass is 339 g/mol. The Labute approximate surface area is 146 Å². The lowest BCUT2D eigenvalue weighted by Crippen LogP contribution is -2.29. The van der Waals surface area contributed by atoms with E-state index in [1.54, 1.807) is 19.2 Å². The third-order valence-corrected chi connectivity index (χ3v) is 3.81. The van der Waals surface area contributed by atoms with E-state index in [-0.39, 0.29) is 12.5 Å². The molecule has 0 fully saturated rings. The van der Waals surface area contributed by atoms with Crippen LogP contribution >= 0.6 is 0 Å². The van der Waals surface area contributed by atoms with Gasteiger partial charge in [0.15, 0.2) is 6.61 Å². The molecule has 0 radical (unpaired) electrons. The number of nitrogens with one attached hydrogen (secondary N) is 1. The van der Waals surface area contributed by atoms with Gasteiger partial charge in [-0.3, -0.25) is 4.79 Å². The number of hydrogen-bond donors (Lipinski definition) is 1. The summed E-state index contributed by atoms with van der Waals surface area (Å²) in [6.45, 7) is 0.565. The van der Waals surface area contributed by atoms with Gasteiger partial charge in [-0.1, -0.05) is 24.3 Å². The smallest absolute Gasteiger partial charge is 0.257 e. The normalized spacial score (nSPS) is 10.6. The minimum atomic E-state index is -0.146. The largest absolute Gasteiger partial charge is 0.497 e. The van der Waals surface area contributed by atoms with E-state index in [9.17, 15) is 4.79 Å². The molecule has 3 rings (SSSR count). The molecule has 0 bridgehead atoms. The van der Waals surface area contributed by atoms with Crippen LogP contribution in [0.3, 0.4) is 0 Å². The molecule has 5 heteroatoms. The molecule has 25 heavy (non-hydrogen) atoms. The first-order valence-corrected chi connectivity index (χ1v) is 8.25. The molecule has 0 saturated carbocycles. The average Bonchev–Trinajstić information content (AvgIpc) is 3.06.